The summed E-state index contributed by atoms with van der Waals surface area (Å²) in [5.74, 6) is -0.644. The van der Waals surface area contributed by atoms with Crippen LogP contribution in [-0.2, 0) is 4.79 Å². The van der Waals surface area contributed by atoms with Crippen LogP contribution in [-0.4, -0.2) is 36.4 Å². The van der Waals surface area contributed by atoms with E-state index < -0.39 is 11.9 Å². The van der Waals surface area contributed by atoms with E-state index in [1.165, 1.54) is 16.8 Å². The van der Waals surface area contributed by atoms with Crippen molar-refractivity contribution in [3.05, 3.63) is 30.1 Å². The number of aromatic nitrogens is 4. The van der Waals surface area contributed by atoms with Gasteiger partial charge >= 0.3 is 5.97 Å². The van der Waals surface area contributed by atoms with Crippen molar-refractivity contribution < 1.29 is 15.0 Å². The molecule has 18 heavy (non-hydrogen) atoms. The fourth-order valence-electron chi connectivity index (χ4n) is 1.96. The lowest BCUT2D eigenvalue weighted by Gasteiger charge is -2.03. The van der Waals surface area contributed by atoms with E-state index in [-0.39, 0.29) is 11.7 Å². The van der Waals surface area contributed by atoms with Crippen molar-refractivity contribution in [2.24, 2.45) is 5.92 Å². The van der Waals surface area contributed by atoms with Gasteiger partial charge in [-0.15, -0.1) is 5.10 Å². The lowest BCUT2D eigenvalue weighted by Crippen LogP contribution is -2.05. The second-order valence-corrected chi connectivity index (χ2v) is 4.25. The van der Waals surface area contributed by atoms with Crippen LogP contribution in [0.4, 0.5) is 0 Å². The Balaban J connectivity index is 1.93. The van der Waals surface area contributed by atoms with Gasteiger partial charge in [-0.3, -0.25) is 4.79 Å². The molecule has 0 amide bonds. The van der Waals surface area contributed by atoms with Gasteiger partial charge in [0, 0.05) is 5.92 Å². The van der Waals surface area contributed by atoms with Gasteiger partial charge in [0.05, 0.1) is 11.6 Å². The highest BCUT2D eigenvalue weighted by Crippen LogP contribution is 2.46. The van der Waals surface area contributed by atoms with Gasteiger partial charge in [-0.05, 0) is 41.1 Å². The largest absolute Gasteiger partial charge is 0.508 e. The molecule has 1 aliphatic rings. The molecule has 2 N–H and O–H groups in total. The summed E-state index contributed by atoms with van der Waals surface area (Å²) in [6, 6.07) is 6.41. The lowest BCUT2D eigenvalue weighted by atomic mass is 10.2. The summed E-state index contributed by atoms with van der Waals surface area (Å²) in [6.07, 6.45) is 0.563. The highest BCUT2D eigenvalue weighted by atomic mass is 16.4. The third kappa shape index (κ3) is 1.69. The first-order chi connectivity index (χ1) is 8.66. The second kappa shape index (κ2) is 3.80. The van der Waals surface area contributed by atoms with Crippen molar-refractivity contribution in [1.82, 2.24) is 20.2 Å². The van der Waals surface area contributed by atoms with Crippen molar-refractivity contribution in [3.63, 3.8) is 0 Å². The van der Waals surface area contributed by atoms with E-state index in [9.17, 15) is 9.90 Å². The molecule has 7 heteroatoms. The van der Waals surface area contributed by atoms with Crippen LogP contribution in [0, 0.1) is 5.92 Å². The third-order valence-corrected chi connectivity index (χ3v) is 3.03. The molecule has 2 unspecified atom stereocenters. The normalized spacial score (nSPS) is 21.8. The molecule has 3 rings (SSSR count). The minimum Gasteiger partial charge on any atom is -0.508 e. The predicted octanol–water partition coefficient (Wildman–Crippen LogP) is 0.556. The molecule has 1 aromatic carbocycles. The van der Waals surface area contributed by atoms with E-state index in [0.717, 1.165) is 0 Å². The number of rotatable bonds is 3. The van der Waals surface area contributed by atoms with Gasteiger partial charge in [-0.1, -0.05) is 0 Å². The third-order valence-electron chi connectivity index (χ3n) is 3.03. The molecular formula is C11H10N4O3. The number of hydrogen-bond donors (Lipinski definition) is 2. The van der Waals surface area contributed by atoms with E-state index in [0.29, 0.717) is 17.9 Å². The Kier molecular flexibility index (Phi) is 2.26. The van der Waals surface area contributed by atoms with Gasteiger partial charge in [0.2, 0.25) is 0 Å². The number of phenolic OH excluding ortho intramolecular Hbond substituents is 1. The van der Waals surface area contributed by atoms with Gasteiger partial charge in [0.15, 0.2) is 5.82 Å². The highest BCUT2D eigenvalue weighted by molar-refractivity contribution is 5.74. The number of aromatic hydroxyl groups is 1. The van der Waals surface area contributed by atoms with Crippen LogP contribution in [0.25, 0.3) is 5.69 Å². The molecule has 1 aromatic heterocycles. The van der Waals surface area contributed by atoms with Crippen LogP contribution in [0.2, 0.25) is 0 Å². The van der Waals surface area contributed by atoms with Gasteiger partial charge in [0.1, 0.15) is 5.75 Å². The fraction of sp³-hybridized carbons (Fsp3) is 0.273. The number of aliphatic carboxylic acids is 1. The quantitative estimate of drug-likeness (QED) is 0.820. The summed E-state index contributed by atoms with van der Waals surface area (Å²) in [6.45, 7) is 0. The minimum absolute atomic E-state index is 0.133. The Morgan fingerprint density at radius 2 is 2.06 bits per heavy atom. The van der Waals surface area contributed by atoms with E-state index in [1.807, 2.05) is 0 Å². The van der Waals surface area contributed by atoms with Crippen LogP contribution < -0.4 is 0 Å². The average molecular weight is 246 g/mol. The molecule has 92 valence electrons. The maximum atomic E-state index is 10.8. The van der Waals surface area contributed by atoms with Gasteiger partial charge < -0.3 is 10.2 Å². The molecule has 2 atom stereocenters. The lowest BCUT2D eigenvalue weighted by molar-refractivity contribution is -0.138. The predicted molar refractivity (Wildman–Crippen MR) is 59.3 cm³/mol. The van der Waals surface area contributed by atoms with Crippen LogP contribution in [0.15, 0.2) is 24.3 Å². The number of hydrogen-bond acceptors (Lipinski definition) is 5. The standard InChI is InChI=1S/C11H10N4O3/c16-7-3-1-6(2-4-7)15-10(12-13-14-15)8-5-9(8)11(17)18/h1-4,8-9,16H,5H2,(H,17,18). The van der Waals surface area contributed by atoms with Gasteiger partial charge in [0.25, 0.3) is 0 Å². The van der Waals surface area contributed by atoms with Gasteiger partial charge in [-0.2, -0.15) is 4.68 Å². The summed E-state index contributed by atoms with van der Waals surface area (Å²) in [5, 5.41) is 29.5. The Hall–Kier alpha value is -2.44. The van der Waals surface area contributed by atoms with Gasteiger partial charge in [-0.25, -0.2) is 0 Å². The van der Waals surface area contributed by atoms with E-state index in [2.05, 4.69) is 15.5 Å². The molecule has 0 aliphatic heterocycles. The number of carbonyl (C=O) groups is 1. The molecule has 0 spiro atoms. The molecule has 0 bridgehead atoms. The van der Waals surface area contributed by atoms with Crippen LogP contribution in [0.5, 0.6) is 5.75 Å². The zero-order valence-corrected chi connectivity index (χ0v) is 9.26. The summed E-state index contributed by atoms with van der Waals surface area (Å²) in [7, 11) is 0. The maximum absolute atomic E-state index is 10.8. The summed E-state index contributed by atoms with van der Waals surface area (Å²) >= 11 is 0. The zero-order valence-electron chi connectivity index (χ0n) is 9.26. The van der Waals surface area contributed by atoms with Crippen LogP contribution >= 0.6 is 0 Å². The van der Waals surface area contributed by atoms with Crippen molar-refractivity contribution in [2.75, 3.05) is 0 Å². The topological polar surface area (TPSA) is 101 Å². The molecule has 2 aromatic rings. The number of carboxylic acids is 1. The Morgan fingerprint density at radius 3 is 2.67 bits per heavy atom. The zero-order chi connectivity index (χ0) is 12.7. The Morgan fingerprint density at radius 1 is 1.33 bits per heavy atom. The number of phenols is 1. The van der Waals surface area contributed by atoms with E-state index >= 15 is 0 Å². The Bertz CT molecular complexity index is 593. The number of benzene rings is 1. The molecule has 0 radical (unpaired) electrons. The first kappa shape index (κ1) is 10.7. The number of nitrogens with zero attached hydrogens (tertiary/aromatic N) is 4. The first-order valence-electron chi connectivity index (χ1n) is 5.47. The Labute approximate surface area is 102 Å². The molecule has 1 saturated carbocycles. The minimum atomic E-state index is -0.819. The summed E-state index contributed by atoms with van der Waals surface area (Å²) in [4.78, 5) is 10.8. The average Bonchev–Trinajstić information content (AvgIpc) is 3.01. The monoisotopic (exact) mass is 246 g/mol. The smallest absolute Gasteiger partial charge is 0.307 e. The van der Waals surface area contributed by atoms with E-state index in [1.54, 1.807) is 12.1 Å². The van der Waals surface area contributed by atoms with Crippen molar-refractivity contribution in [1.29, 1.82) is 0 Å². The van der Waals surface area contributed by atoms with Crippen LogP contribution in [0.3, 0.4) is 0 Å². The second-order valence-electron chi connectivity index (χ2n) is 4.25. The van der Waals surface area contributed by atoms with Crippen LogP contribution in [0.1, 0.15) is 18.2 Å². The number of tetrazole rings is 1. The fourth-order valence-corrected chi connectivity index (χ4v) is 1.96. The van der Waals surface area contributed by atoms with E-state index in [4.69, 9.17) is 5.11 Å². The maximum Gasteiger partial charge on any atom is 0.307 e. The molecule has 7 nitrogen and oxygen atoms in total. The molecule has 1 aliphatic carbocycles. The van der Waals surface area contributed by atoms with Crippen molar-refractivity contribution in [3.8, 4) is 11.4 Å². The number of carboxylic acid groups (broad SMARTS) is 1. The summed E-state index contributed by atoms with van der Waals surface area (Å²) in [5.41, 5.74) is 0.698. The molecular weight excluding hydrogens is 236 g/mol. The first-order valence-corrected chi connectivity index (χ1v) is 5.47. The summed E-state index contributed by atoms with van der Waals surface area (Å²) < 4.78 is 1.51. The van der Waals surface area contributed by atoms with Crippen molar-refractivity contribution in [2.45, 2.75) is 12.3 Å². The SMILES string of the molecule is O=C(O)C1CC1c1nnnn1-c1ccc(O)cc1. The molecule has 1 heterocycles. The highest BCUT2D eigenvalue weighted by Gasteiger charge is 2.47. The van der Waals surface area contributed by atoms with Crippen molar-refractivity contribution >= 4 is 5.97 Å². The molecule has 0 saturated heterocycles. The molecule has 1 fully saturated rings.